The molecular weight excluding hydrogens is 412 g/mol. The third kappa shape index (κ3) is 8.82. The van der Waals surface area contributed by atoms with E-state index in [1.807, 2.05) is 6.92 Å². The largest absolute Gasteiger partial charge is 0.452 e. The highest BCUT2D eigenvalue weighted by Gasteiger charge is 2.34. The van der Waals surface area contributed by atoms with Crippen molar-refractivity contribution < 1.29 is 34.8 Å². The summed E-state index contributed by atoms with van der Waals surface area (Å²) in [6, 6.07) is 0. The minimum atomic E-state index is -1.68. The maximum absolute atomic E-state index is 12.5. The molecule has 1 rings (SSSR count). The summed E-state index contributed by atoms with van der Waals surface area (Å²) in [5.74, 6) is -1.08. The van der Waals surface area contributed by atoms with Gasteiger partial charge in [0, 0.05) is 11.6 Å². The van der Waals surface area contributed by atoms with Gasteiger partial charge in [0.1, 0.15) is 5.60 Å². The van der Waals surface area contributed by atoms with Crippen LogP contribution in [-0.2, 0) is 14.3 Å². The molecular formula is C25H38O7. The van der Waals surface area contributed by atoms with Crippen molar-refractivity contribution in [3.05, 3.63) is 47.6 Å². The van der Waals surface area contributed by atoms with Gasteiger partial charge >= 0.3 is 5.97 Å². The lowest BCUT2D eigenvalue weighted by atomic mass is 9.78. The standard InChI is InChI=1S/C25H38O7/c1-17(2)15-22(29)32-21-10-13-24(5,12-9-20(28)23(3,4)30)11-7-18(16-26)19(27)8-14-25(21,6)31/h7-8,10,13-15,20-21,26,28,30-31H,9,11-12,16H2,1-6H3/b13-10+,14-8+,18-7-/t20-,21-,24-,25-/m1/s1. The molecule has 0 bridgehead atoms. The molecule has 1 aliphatic rings. The van der Waals surface area contributed by atoms with Crippen LogP contribution in [0.15, 0.2) is 47.6 Å². The molecule has 0 radical (unpaired) electrons. The zero-order valence-corrected chi connectivity index (χ0v) is 20.0. The fraction of sp³-hybridized carbons (Fsp3) is 0.600. The number of aliphatic hydroxyl groups excluding tert-OH is 2. The van der Waals surface area contributed by atoms with E-state index in [4.69, 9.17) is 4.74 Å². The number of rotatable bonds is 7. The second-order valence-electron chi connectivity index (χ2n) is 9.82. The first-order chi connectivity index (χ1) is 14.6. The van der Waals surface area contributed by atoms with Gasteiger partial charge in [0.15, 0.2) is 11.9 Å². The van der Waals surface area contributed by atoms with Crippen LogP contribution in [0, 0.1) is 5.41 Å². The summed E-state index contributed by atoms with van der Waals surface area (Å²) in [5.41, 5.74) is -2.65. The molecule has 0 saturated heterocycles. The van der Waals surface area contributed by atoms with Gasteiger partial charge in [0.2, 0.25) is 0 Å². The second kappa shape index (κ2) is 11.2. The number of carbonyl (C=O) groups excluding carboxylic acids is 2. The van der Waals surface area contributed by atoms with E-state index < -0.39 is 47.2 Å². The molecule has 0 unspecified atom stereocenters. The van der Waals surface area contributed by atoms with Crippen molar-refractivity contribution in [1.82, 2.24) is 0 Å². The Morgan fingerprint density at radius 2 is 1.94 bits per heavy atom. The molecule has 1 aliphatic carbocycles. The highest BCUT2D eigenvalue weighted by molar-refractivity contribution is 6.04. The van der Waals surface area contributed by atoms with E-state index in [-0.39, 0.29) is 12.0 Å². The Bertz CT molecular complexity index is 792. The number of hydrogen-bond acceptors (Lipinski definition) is 7. The van der Waals surface area contributed by atoms with Gasteiger partial charge in [-0.2, -0.15) is 0 Å². The van der Waals surface area contributed by atoms with Crippen molar-refractivity contribution in [3.63, 3.8) is 0 Å². The highest BCUT2D eigenvalue weighted by atomic mass is 16.6. The van der Waals surface area contributed by atoms with Crippen LogP contribution in [-0.4, -0.2) is 62.2 Å². The van der Waals surface area contributed by atoms with Crippen LogP contribution in [0.3, 0.4) is 0 Å². The Morgan fingerprint density at radius 3 is 2.47 bits per heavy atom. The van der Waals surface area contributed by atoms with Gasteiger partial charge < -0.3 is 25.2 Å². The Hall–Kier alpha value is -2.06. The van der Waals surface area contributed by atoms with E-state index in [1.165, 1.54) is 39.0 Å². The maximum atomic E-state index is 12.5. The fourth-order valence-electron chi connectivity index (χ4n) is 3.19. The van der Waals surface area contributed by atoms with Gasteiger partial charge in [-0.05, 0) is 77.5 Å². The number of aliphatic hydroxyl groups is 4. The predicted molar refractivity (Wildman–Crippen MR) is 123 cm³/mol. The molecule has 0 spiro atoms. The van der Waals surface area contributed by atoms with Crippen molar-refractivity contribution >= 4 is 11.8 Å². The Morgan fingerprint density at radius 1 is 1.31 bits per heavy atom. The monoisotopic (exact) mass is 450 g/mol. The molecule has 0 heterocycles. The Balaban J connectivity index is 3.38. The van der Waals surface area contributed by atoms with Gasteiger partial charge in [-0.1, -0.05) is 24.6 Å². The molecule has 4 atom stereocenters. The molecule has 0 aromatic carbocycles. The number of hydrogen-bond donors (Lipinski definition) is 4. The third-order valence-corrected chi connectivity index (χ3v) is 5.58. The van der Waals surface area contributed by atoms with Crippen molar-refractivity contribution in [2.45, 2.75) is 84.2 Å². The van der Waals surface area contributed by atoms with E-state index in [0.29, 0.717) is 12.8 Å². The normalized spacial score (nSPS) is 31.5. The van der Waals surface area contributed by atoms with Gasteiger partial charge in [0.05, 0.1) is 18.3 Å². The zero-order chi connectivity index (χ0) is 24.7. The van der Waals surface area contributed by atoms with Crippen LogP contribution >= 0.6 is 0 Å². The summed E-state index contributed by atoms with van der Waals surface area (Å²) in [4.78, 5) is 24.7. The molecule has 7 nitrogen and oxygen atoms in total. The average molecular weight is 451 g/mol. The predicted octanol–water partition coefficient (Wildman–Crippen LogP) is 2.54. The molecule has 7 heteroatoms. The average Bonchev–Trinajstić information content (AvgIpc) is 2.67. The van der Waals surface area contributed by atoms with E-state index in [1.54, 1.807) is 32.1 Å². The maximum Gasteiger partial charge on any atom is 0.331 e. The van der Waals surface area contributed by atoms with Crippen LogP contribution in [0.25, 0.3) is 0 Å². The smallest absolute Gasteiger partial charge is 0.331 e. The molecule has 0 saturated carbocycles. The number of ether oxygens (including phenoxy) is 1. The number of ketones is 1. The first-order valence-electron chi connectivity index (χ1n) is 10.8. The summed E-state index contributed by atoms with van der Waals surface area (Å²) in [5, 5.41) is 40.9. The van der Waals surface area contributed by atoms with Crippen LogP contribution in [0.2, 0.25) is 0 Å². The molecule has 0 aliphatic heterocycles. The summed E-state index contributed by atoms with van der Waals surface area (Å²) in [6.07, 6.45) is 7.75. The highest BCUT2D eigenvalue weighted by Crippen LogP contribution is 2.34. The lowest BCUT2D eigenvalue weighted by molar-refractivity contribution is -0.148. The SMILES string of the molecule is CC(C)=CC(=O)O[C@@H]1/C=C/[C@@](C)(CC[C@@H](O)C(C)(C)O)C/C=C(/CO)C(=O)/C=C/[C@@]1(C)O. The van der Waals surface area contributed by atoms with E-state index >= 15 is 0 Å². The van der Waals surface area contributed by atoms with Crippen molar-refractivity contribution in [3.8, 4) is 0 Å². The van der Waals surface area contributed by atoms with Crippen molar-refractivity contribution in [1.29, 1.82) is 0 Å². The number of allylic oxidation sites excluding steroid dienone is 4. The zero-order valence-electron chi connectivity index (χ0n) is 20.0. The third-order valence-electron chi connectivity index (χ3n) is 5.58. The second-order valence-corrected chi connectivity index (χ2v) is 9.82. The summed E-state index contributed by atoms with van der Waals surface area (Å²) in [7, 11) is 0. The number of esters is 1. The van der Waals surface area contributed by atoms with Crippen molar-refractivity contribution in [2.24, 2.45) is 5.41 Å². The first-order valence-corrected chi connectivity index (χ1v) is 10.8. The molecule has 32 heavy (non-hydrogen) atoms. The number of carbonyl (C=O) groups is 2. The minimum absolute atomic E-state index is 0.180. The lowest BCUT2D eigenvalue weighted by Crippen LogP contribution is -2.40. The van der Waals surface area contributed by atoms with Crippen LogP contribution in [0.5, 0.6) is 0 Å². The topological polar surface area (TPSA) is 124 Å². The van der Waals surface area contributed by atoms with Crippen LogP contribution < -0.4 is 0 Å². The van der Waals surface area contributed by atoms with Gasteiger partial charge in [-0.25, -0.2) is 4.79 Å². The quantitative estimate of drug-likeness (QED) is 0.267. The van der Waals surface area contributed by atoms with Gasteiger partial charge in [-0.15, -0.1) is 0 Å². The van der Waals surface area contributed by atoms with Crippen LogP contribution in [0.4, 0.5) is 0 Å². The molecule has 0 fully saturated rings. The summed E-state index contributed by atoms with van der Waals surface area (Å²) >= 11 is 0. The molecule has 0 aromatic rings. The Kier molecular flexibility index (Phi) is 9.78. The summed E-state index contributed by atoms with van der Waals surface area (Å²) in [6.45, 7) is 9.41. The Labute approximate surface area is 190 Å². The first kappa shape index (κ1) is 28.0. The molecule has 4 N–H and O–H groups in total. The molecule has 0 aromatic heterocycles. The van der Waals surface area contributed by atoms with Gasteiger partial charge in [0.25, 0.3) is 0 Å². The minimum Gasteiger partial charge on any atom is -0.452 e. The van der Waals surface area contributed by atoms with Crippen LogP contribution in [0.1, 0.15) is 60.8 Å². The van der Waals surface area contributed by atoms with Crippen molar-refractivity contribution in [2.75, 3.05) is 6.61 Å². The van der Waals surface area contributed by atoms with E-state index in [9.17, 15) is 30.0 Å². The van der Waals surface area contributed by atoms with E-state index in [2.05, 4.69) is 0 Å². The van der Waals surface area contributed by atoms with Gasteiger partial charge in [-0.3, -0.25) is 4.79 Å². The molecule has 0 amide bonds. The summed E-state index contributed by atoms with van der Waals surface area (Å²) < 4.78 is 5.48. The molecule has 180 valence electrons. The fourth-order valence-corrected chi connectivity index (χ4v) is 3.19. The lowest BCUT2D eigenvalue weighted by Gasteiger charge is -2.32. The van der Waals surface area contributed by atoms with E-state index in [0.717, 1.165) is 5.57 Å².